The maximum Gasteiger partial charge on any atom is 0.123 e. The Bertz CT molecular complexity index is 757. The van der Waals surface area contributed by atoms with E-state index in [0.29, 0.717) is 0 Å². The molecule has 2 unspecified atom stereocenters. The molecule has 0 saturated heterocycles. The fourth-order valence-corrected chi connectivity index (χ4v) is 3.46. The number of hydrogen-bond acceptors (Lipinski definition) is 0. The first-order valence-corrected chi connectivity index (χ1v) is 8.12. The molecule has 0 heterocycles. The van der Waals surface area contributed by atoms with Gasteiger partial charge in [-0.25, -0.2) is 4.39 Å². The molecule has 0 nitrogen and oxygen atoms in total. The number of halogens is 1. The van der Waals surface area contributed by atoms with E-state index >= 15 is 0 Å². The van der Waals surface area contributed by atoms with E-state index in [2.05, 4.69) is 39.0 Å². The number of rotatable bonds is 0. The first-order valence-electron chi connectivity index (χ1n) is 8.12. The summed E-state index contributed by atoms with van der Waals surface area (Å²) >= 11 is 0. The Kier molecular flexibility index (Phi) is 3.97. The van der Waals surface area contributed by atoms with Gasteiger partial charge in [-0.05, 0) is 42.0 Å². The Hall–Kier alpha value is -2.15. The van der Waals surface area contributed by atoms with Crippen molar-refractivity contribution in [2.45, 2.75) is 32.6 Å². The minimum Gasteiger partial charge on any atom is -0.207 e. The summed E-state index contributed by atoms with van der Waals surface area (Å²) in [6.07, 6.45) is 6.37. The maximum atomic E-state index is 13.6. The molecular weight excluding hydrogens is 283 g/mol. The third-order valence-electron chi connectivity index (χ3n) is 5.26. The topological polar surface area (TPSA) is 0 Å². The Morgan fingerprint density at radius 3 is 2.22 bits per heavy atom. The van der Waals surface area contributed by atoms with E-state index in [0.717, 1.165) is 12.0 Å². The van der Waals surface area contributed by atoms with Crippen molar-refractivity contribution in [2.75, 3.05) is 0 Å². The molecule has 2 atom stereocenters. The minimum absolute atomic E-state index is 0.120. The highest BCUT2D eigenvalue weighted by molar-refractivity contribution is 5.63. The number of fused-ring (bicyclic) bond motifs is 3. The fourth-order valence-electron chi connectivity index (χ4n) is 3.46. The molecule has 118 valence electrons. The van der Waals surface area contributed by atoms with Gasteiger partial charge in [0.1, 0.15) is 5.83 Å². The van der Waals surface area contributed by atoms with Crippen LogP contribution in [0.2, 0.25) is 0 Å². The van der Waals surface area contributed by atoms with E-state index in [1.165, 1.54) is 11.1 Å². The van der Waals surface area contributed by atoms with Gasteiger partial charge in [-0.1, -0.05) is 80.1 Å². The molecule has 1 saturated carbocycles. The molecular formula is C22H23F. The first kappa shape index (κ1) is 15.7. The summed E-state index contributed by atoms with van der Waals surface area (Å²) in [6, 6.07) is 18.4. The van der Waals surface area contributed by atoms with E-state index in [1.54, 1.807) is 12.2 Å². The molecule has 2 aliphatic rings. The zero-order valence-electron chi connectivity index (χ0n) is 14.0. The van der Waals surface area contributed by atoms with Crippen molar-refractivity contribution in [3.8, 4) is 0 Å². The monoisotopic (exact) mass is 306 g/mol. The van der Waals surface area contributed by atoms with Crippen LogP contribution < -0.4 is 0 Å². The molecule has 23 heavy (non-hydrogen) atoms. The number of benzene rings is 2. The second-order valence-corrected chi connectivity index (χ2v) is 7.03. The van der Waals surface area contributed by atoms with Crippen LogP contribution in [0.1, 0.15) is 37.0 Å². The van der Waals surface area contributed by atoms with E-state index in [4.69, 9.17) is 0 Å². The highest BCUT2D eigenvalue weighted by Crippen LogP contribution is 2.66. The lowest BCUT2D eigenvalue weighted by atomic mass is 9.84. The zero-order valence-corrected chi connectivity index (χ0v) is 14.0. The van der Waals surface area contributed by atoms with Crippen molar-refractivity contribution < 1.29 is 4.39 Å². The zero-order chi connectivity index (χ0) is 16.5. The minimum atomic E-state index is -0.150. The van der Waals surface area contributed by atoms with Gasteiger partial charge < -0.3 is 0 Å². The average Bonchev–Trinajstić information content (AvgIpc) is 3.09. The lowest BCUT2D eigenvalue weighted by molar-refractivity contribution is 0.580. The van der Waals surface area contributed by atoms with Crippen molar-refractivity contribution in [1.29, 1.82) is 0 Å². The molecule has 0 radical (unpaired) electrons. The molecule has 0 aromatic heterocycles. The SMILES string of the molecule is CC12/C=C\C(F)=C/c3ccccc3C1(C)C2.Cc1ccccc1. The summed E-state index contributed by atoms with van der Waals surface area (Å²) in [5.41, 5.74) is 3.92. The second-order valence-electron chi connectivity index (χ2n) is 7.03. The molecule has 4 rings (SSSR count). The Morgan fingerprint density at radius 1 is 0.913 bits per heavy atom. The quantitative estimate of drug-likeness (QED) is 0.541. The van der Waals surface area contributed by atoms with Crippen molar-refractivity contribution in [3.05, 3.63) is 89.3 Å². The number of hydrogen-bond donors (Lipinski definition) is 0. The molecule has 0 aliphatic heterocycles. The normalized spacial score (nSPS) is 31.0. The Balaban J connectivity index is 0.000000188. The lowest BCUT2D eigenvalue weighted by Crippen LogP contribution is -2.12. The van der Waals surface area contributed by atoms with Crippen LogP contribution in [0.15, 0.2) is 72.6 Å². The van der Waals surface area contributed by atoms with E-state index in [1.807, 2.05) is 42.5 Å². The summed E-state index contributed by atoms with van der Waals surface area (Å²) in [5.74, 6) is -0.150. The van der Waals surface area contributed by atoms with E-state index in [9.17, 15) is 4.39 Å². The average molecular weight is 306 g/mol. The van der Waals surface area contributed by atoms with Gasteiger partial charge in [0.05, 0.1) is 0 Å². The number of aryl methyl sites for hydroxylation is 1. The number of allylic oxidation sites excluding steroid dienone is 3. The predicted octanol–water partition coefficient (Wildman–Crippen LogP) is 6.23. The summed E-state index contributed by atoms with van der Waals surface area (Å²) in [4.78, 5) is 0. The van der Waals surface area contributed by atoms with Crippen LogP contribution in [0.25, 0.3) is 6.08 Å². The van der Waals surface area contributed by atoms with Gasteiger partial charge in [-0.2, -0.15) is 0 Å². The highest BCUT2D eigenvalue weighted by Gasteiger charge is 2.60. The Morgan fingerprint density at radius 2 is 1.57 bits per heavy atom. The fraction of sp³-hybridized carbons (Fsp3) is 0.273. The summed E-state index contributed by atoms with van der Waals surface area (Å²) in [6.45, 7) is 6.56. The molecule has 0 spiro atoms. The van der Waals surface area contributed by atoms with Crippen LogP contribution in [0.5, 0.6) is 0 Å². The predicted molar refractivity (Wildman–Crippen MR) is 95.9 cm³/mol. The van der Waals surface area contributed by atoms with Crippen LogP contribution >= 0.6 is 0 Å². The smallest absolute Gasteiger partial charge is 0.123 e. The van der Waals surface area contributed by atoms with E-state index in [-0.39, 0.29) is 16.7 Å². The van der Waals surface area contributed by atoms with Crippen LogP contribution in [0.3, 0.4) is 0 Å². The van der Waals surface area contributed by atoms with Crippen molar-refractivity contribution in [2.24, 2.45) is 5.41 Å². The largest absolute Gasteiger partial charge is 0.207 e. The highest BCUT2D eigenvalue weighted by atomic mass is 19.1. The Labute approximate surface area is 138 Å². The lowest BCUT2D eigenvalue weighted by Gasteiger charge is -2.20. The van der Waals surface area contributed by atoms with E-state index < -0.39 is 0 Å². The van der Waals surface area contributed by atoms with Crippen LogP contribution in [0.4, 0.5) is 4.39 Å². The van der Waals surface area contributed by atoms with Gasteiger partial charge >= 0.3 is 0 Å². The van der Waals surface area contributed by atoms with Crippen LogP contribution in [-0.2, 0) is 5.41 Å². The van der Waals surface area contributed by atoms with Crippen LogP contribution in [-0.4, -0.2) is 0 Å². The van der Waals surface area contributed by atoms with Gasteiger partial charge in [-0.3, -0.25) is 0 Å². The third kappa shape index (κ3) is 3.01. The molecule has 0 amide bonds. The molecule has 2 aliphatic carbocycles. The molecule has 0 bridgehead atoms. The third-order valence-corrected chi connectivity index (χ3v) is 5.26. The molecule has 1 fully saturated rings. The van der Waals surface area contributed by atoms with Gasteiger partial charge in [0, 0.05) is 5.41 Å². The van der Waals surface area contributed by atoms with Crippen LogP contribution in [0, 0.1) is 12.3 Å². The van der Waals surface area contributed by atoms with Gasteiger partial charge in [0.25, 0.3) is 0 Å². The molecule has 1 heteroatoms. The van der Waals surface area contributed by atoms with Crippen molar-refractivity contribution >= 4 is 6.08 Å². The molecule has 2 aromatic rings. The maximum absolute atomic E-state index is 13.6. The van der Waals surface area contributed by atoms with Gasteiger partial charge in [0.2, 0.25) is 0 Å². The van der Waals surface area contributed by atoms with Crippen molar-refractivity contribution in [1.82, 2.24) is 0 Å². The molecule has 2 aromatic carbocycles. The van der Waals surface area contributed by atoms with Crippen molar-refractivity contribution in [3.63, 3.8) is 0 Å². The summed E-state index contributed by atoms with van der Waals surface area (Å²) in [7, 11) is 0. The standard InChI is InChI=1S/C15H15F.C7H8/c1-14-8-7-12(16)9-11-5-3-4-6-13(11)15(14,2)10-14;1-7-5-3-2-4-6-7/h3-9H,10H2,1-2H3;2-6H,1H3/b8-7-,12-9+;. The second kappa shape index (κ2) is 5.81. The first-order chi connectivity index (χ1) is 10.9. The summed E-state index contributed by atoms with van der Waals surface area (Å²) < 4.78 is 13.6. The van der Waals surface area contributed by atoms with Gasteiger partial charge in [0.15, 0.2) is 0 Å². The molecule has 0 N–H and O–H groups in total. The summed E-state index contributed by atoms with van der Waals surface area (Å²) in [5, 5.41) is 0. The van der Waals surface area contributed by atoms with Gasteiger partial charge in [-0.15, -0.1) is 0 Å².